The van der Waals surface area contributed by atoms with Gasteiger partial charge in [0.1, 0.15) is 31.5 Å². The lowest BCUT2D eigenvalue weighted by Gasteiger charge is -2.18. The summed E-state index contributed by atoms with van der Waals surface area (Å²) in [6.07, 6.45) is 12.6. The van der Waals surface area contributed by atoms with Crippen molar-refractivity contribution in [2.45, 2.75) is 12.8 Å². The summed E-state index contributed by atoms with van der Waals surface area (Å²) in [7, 11) is 0. The molecule has 5 heteroatoms. The summed E-state index contributed by atoms with van der Waals surface area (Å²) in [5.41, 5.74) is 3.43. The van der Waals surface area contributed by atoms with Gasteiger partial charge in [-0.25, -0.2) is 0 Å². The van der Waals surface area contributed by atoms with Crippen molar-refractivity contribution >= 4 is 11.3 Å². The van der Waals surface area contributed by atoms with Gasteiger partial charge in [-0.3, -0.25) is 0 Å². The molecule has 0 atom stereocenters. The van der Waals surface area contributed by atoms with Crippen LogP contribution in [0.1, 0.15) is 18.4 Å². The zero-order chi connectivity index (χ0) is 18.5. The van der Waals surface area contributed by atoms with Crippen LogP contribution in [0.3, 0.4) is 0 Å². The third kappa shape index (κ3) is 3.91. The van der Waals surface area contributed by atoms with Crippen LogP contribution in [-0.2, 0) is 0 Å². The third-order valence-corrected chi connectivity index (χ3v) is 5.26. The Morgan fingerprint density at radius 2 is 1.96 bits per heavy atom. The number of thiophene rings is 1. The lowest BCUT2D eigenvalue weighted by Crippen LogP contribution is -2.15. The normalized spacial score (nSPS) is 15.4. The zero-order valence-electron chi connectivity index (χ0n) is 14.8. The first kappa shape index (κ1) is 17.4. The van der Waals surface area contributed by atoms with Crippen molar-refractivity contribution in [2.75, 3.05) is 19.8 Å². The Morgan fingerprint density at radius 3 is 2.85 bits per heavy atom. The van der Waals surface area contributed by atoms with Crippen LogP contribution in [0.15, 0.2) is 59.5 Å². The molecule has 0 N–H and O–H groups in total. The van der Waals surface area contributed by atoms with E-state index in [2.05, 4.69) is 36.4 Å². The van der Waals surface area contributed by atoms with Gasteiger partial charge in [0.05, 0.1) is 0 Å². The highest BCUT2D eigenvalue weighted by Crippen LogP contribution is 2.40. The zero-order valence-corrected chi connectivity index (χ0v) is 15.6. The van der Waals surface area contributed by atoms with Gasteiger partial charge in [-0.2, -0.15) is 5.26 Å². The van der Waals surface area contributed by atoms with Crippen molar-refractivity contribution in [1.82, 2.24) is 0 Å². The average molecular weight is 377 g/mol. The molecule has 27 heavy (non-hydrogen) atoms. The van der Waals surface area contributed by atoms with Gasteiger partial charge in [0.2, 0.25) is 0 Å². The van der Waals surface area contributed by atoms with E-state index in [9.17, 15) is 5.26 Å². The predicted octanol–water partition coefficient (Wildman–Crippen LogP) is 5.27. The van der Waals surface area contributed by atoms with E-state index in [0.29, 0.717) is 36.2 Å². The van der Waals surface area contributed by atoms with Gasteiger partial charge < -0.3 is 14.2 Å². The number of hydrogen-bond donors (Lipinski definition) is 0. The van der Waals surface area contributed by atoms with Crippen molar-refractivity contribution in [1.29, 1.82) is 5.26 Å². The molecule has 0 saturated heterocycles. The SMILES string of the molecule is N#Cc1c(-c2ccc3c(c2)OCCO3)csc1OCC1=CC=CCCC=C1. The molecule has 0 saturated carbocycles. The second kappa shape index (κ2) is 8.15. The minimum Gasteiger partial charge on any atom is -0.486 e. The Bertz CT molecular complexity index is 962. The van der Waals surface area contributed by atoms with E-state index in [0.717, 1.165) is 35.3 Å². The van der Waals surface area contributed by atoms with Crippen molar-refractivity contribution < 1.29 is 14.2 Å². The molecule has 0 amide bonds. The molecular weight excluding hydrogens is 358 g/mol. The fourth-order valence-corrected chi connectivity index (χ4v) is 3.87. The van der Waals surface area contributed by atoms with Crippen LogP contribution in [-0.4, -0.2) is 19.8 Å². The van der Waals surface area contributed by atoms with Crippen LogP contribution >= 0.6 is 11.3 Å². The first-order chi connectivity index (χ1) is 13.3. The number of allylic oxidation sites excluding steroid dienone is 4. The summed E-state index contributed by atoms with van der Waals surface area (Å²) in [5.74, 6) is 1.46. The minimum absolute atomic E-state index is 0.441. The molecule has 1 aromatic carbocycles. The quantitative estimate of drug-likeness (QED) is 0.728. The maximum Gasteiger partial charge on any atom is 0.192 e. The molecule has 1 aromatic heterocycles. The highest BCUT2D eigenvalue weighted by atomic mass is 32.1. The fraction of sp³-hybridized carbons (Fsp3) is 0.227. The van der Waals surface area contributed by atoms with Gasteiger partial charge >= 0.3 is 0 Å². The number of ether oxygens (including phenoxy) is 3. The standard InChI is InChI=1S/C22H19NO3S/c23-13-18-19(17-8-9-20-21(12-17)25-11-10-24-20)15-27-22(18)26-14-16-6-4-2-1-3-5-7-16/h2,4-9,12,15H,1,3,10-11,14H2. The Labute approximate surface area is 162 Å². The molecule has 0 bridgehead atoms. The molecule has 2 aliphatic rings. The van der Waals surface area contributed by atoms with Crippen LogP contribution < -0.4 is 14.2 Å². The van der Waals surface area contributed by atoms with Gasteiger partial charge in [0, 0.05) is 10.9 Å². The molecule has 2 aromatic rings. The van der Waals surface area contributed by atoms with Crippen molar-refractivity contribution in [3.8, 4) is 33.8 Å². The second-order valence-electron chi connectivity index (χ2n) is 6.22. The Balaban J connectivity index is 1.56. The number of nitrogens with zero attached hydrogens (tertiary/aromatic N) is 1. The number of nitriles is 1. The lowest BCUT2D eigenvalue weighted by molar-refractivity contribution is 0.171. The van der Waals surface area contributed by atoms with Crippen LogP contribution in [0.4, 0.5) is 0 Å². The molecule has 0 unspecified atom stereocenters. The van der Waals surface area contributed by atoms with Gasteiger partial charge in [-0.1, -0.05) is 36.4 Å². The van der Waals surface area contributed by atoms with Crippen LogP contribution in [0.2, 0.25) is 0 Å². The number of fused-ring (bicyclic) bond motifs is 1. The van der Waals surface area contributed by atoms with Crippen molar-refractivity contribution in [3.63, 3.8) is 0 Å². The topological polar surface area (TPSA) is 51.5 Å². The first-order valence-corrected chi connectivity index (χ1v) is 9.80. The largest absolute Gasteiger partial charge is 0.486 e. The fourth-order valence-electron chi connectivity index (χ4n) is 2.99. The molecule has 4 nitrogen and oxygen atoms in total. The van der Waals surface area contributed by atoms with E-state index < -0.39 is 0 Å². The van der Waals surface area contributed by atoms with E-state index in [1.165, 1.54) is 11.3 Å². The lowest BCUT2D eigenvalue weighted by atomic mass is 10.0. The molecule has 136 valence electrons. The highest BCUT2D eigenvalue weighted by Gasteiger charge is 2.18. The number of rotatable bonds is 4. The second-order valence-corrected chi connectivity index (χ2v) is 7.06. The Morgan fingerprint density at radius 1 is 1.11 bits per heavy atom. The van der Waals surface area contributed by atoms with Crippen LogP contribution in [0.5, 0.6) is 16.6 Å². The van der Waals surface area contributed by atoms with E-state index in [1.54, 1.807) is 0 Å². The maximum absolute atomic E-state index is 9.69. The molecule has 0 fully saturated rings. The van der Waals surface area contributed by atoms with E-state index in [-0.39, 0.29) is 0 Å². The van der Waals surface area contributed by atoms with Crippen LogP contribution in [0.25, 0.3) is 11.1 Å². The Kier molecular flexibility index (Phi) is 5.27. The molecule has 1 aliphatic carbocycles. The summed E-state index contributed by atoms with van der Waals surface area (Å²) in [6.45, 7) is 1.54. The summed E-state index contributed by atoms with van der Waals surface area (Å²) < 4.78 is 17.2. The van der Waals surface area contributed by atoms with Crippen LogP contribution in [0, 0.1) is 11.3 Å². The average Bonchev–Trinajstić information content (AvgIpc) is 3.09. The van der Waals surface area contributed by atoms with Gasteiger partial charge in [-0.05, 0) is 36.1 Å². The summed E-state index contributed by atoms with van der Waals surface area (Å²) >= 11 is 1.44. The highest BCUT2D eigenvalue weighted by molar-refractivity contribution is 7.12. The van der Waals surface area contributed by atoms with Crippen molar-refractivity contribution in [2.24, 2.45) is 0 Å². The summed E-state index contributed by atoms with van der Waals surface area (Å²) in [6, 6.07) is 8.06. The molecule has 1 aliphatic heterocycles. The number of benzene rings is 1. The summed E-state index contributed by atoms with van der Waals surface area (Å²) in [4.78, 5) is 0. The van der Waals surface area contributed by atoms with Gasteiger partial charge in [-0.15, -0.1) is 11.3 Å². The van der Waals surface area contributed by atoms with E-state index >= 15 is 0 Å². The van der Waals surface area contributed by atoms with E-state index in [1.807, 2.05) is 23.6 Å². The van der Waals surface area contributed by atoms with E-state index in [4.69, 9.17) is 14.2 Å². The molecule has 4 rings (SSSR count). The van der Waals surface area contributed by atoms with Gasteiger partial charge in [0.25, 0.3) is 0 Å². The monoisotopic (exact) mass is 377 g/mol. The third-order valence-electron chi connectivity index (χ3n) is 4.37. The smallest absolute Gasteiger partial charge is 0.192 e. The van der Waals surface area contributed by atoms with Gasteiger partial charge in [0.15, 0.2) is 16.6 Å². The first-order valence-electron chi connectivity index (χ1n) is 8.92. The predicted molar refractivity (Wildman–Crippen MR) is 107 cm³/mol. The maximum atomic E-state index is 9.69. The van der Waals surface area contributed by atoms with Crippen molar-refractivity contribution in [3.05, 3.63) is 65.1 Å². The molecule has 2 heterocycles. The molecule has 0 radical (unpaired) electrons. The molecule has 0 spiro atoms. The Hall–Kier alpha value is -2.97. The number of hydrogen-bond acceptors (Lipinski definition) is 5. The molecular formula is C22H19NO3S. The minimum atomic E-state index is 0.441. The summed E-state index contributed by atoms with van der Waals surface area (Å²) in [5, 5.41) is 12.3.